The molecule has 0 spiro atoms. The van der Waals surface area contributed by atoms with E-state index in [9.17, 15) is 0 Å². The molecule has 1 aromatic heterocycles. The van der Waals surface area contributed by atoms with Crippen LogP contribution < -0.4 is 0 Å². The molecule has 0 fully saturated rings. The molecule has 0 aliphatic heterocycles. The van der Waals surface area contributed by atoms with Crippen molar-refractivity contribution in [2.75, 3.05) is 0 Å². The van der Waals surface area contributed by atoms with Crippen LogP contribution in [0.1, 0.15) is 0 Å². The van der Waals surface area contributed by atoms with E-state index in [-0.39, 0.29) is 0 Å². The summed E-state index contributed by atoms with van der Waals surface area (Å²) < 4.78 is 4.94. The number of hydrogen-bond donors (Lipinski definition) is 0. The molecule has 1 aromatic carbocycles. The van der Waals surface area contributed by atoms with Crippen molar-refractivity contribution < 1.29 is 0 Å². The molecule has 0 radical (unpaired) electrons. The normalized spacial score (nSPS) is 8.55. The van der Waals surface area contributed by atoms with E-state index < -0.39 is 0 Å². The molecular formula is C7H5N3S. The molecular weight excluding hydrogens is 158 g/mol. The van der Waals surface area contributed by atoms with Gasteiger partial charge in [-0.05, 0) is 23.7 Å². The lowest BCUT2D eigenvalue weighted by molar-refractivity contribution is 1.20. The van der Waals surface area contributed by atoms with E-state index in [4.69, 9.17) is 5.26 Å². The zero-order valence-electron chi connectivity index (χ0n) is 5.64. The van der Waals surface area contributed by atoms with Crippen molar-refractivity contribution in [3.8, 4) is 6.57 Å². The van der Waals surface area contributed by atoms with Gasteiger partial charge >= 0.3 is 0 Å². The molecule has 0 N–H and O–H groups in total. The molecule has 11 heavy (non-hydrogen) atoms. The highest BCUT2D eigenvalue weighted by Crippen LogP contribution is 2.12. The molecule has 0 atom stereocenters. The van der Waals surface area contributed by atoms with Gasteiger partial charge in [0.25, 0.3) is 0 Å². The van der Waals surface area contributed by atoms with Crippen molar-refractivity contribution in [2.45, 2.75) is 0 Å². The number of nitriles is 1. The summed E-state index contributed by atoms with van der Waals surface area (Å²) in [7, 11) is 0. The summed E-state index contributed by atoms with van der Waals surface area (Å²) in [5, 5.41) is 10.4. The molecule has 1 heterocycles. The Hall–Kier alpha value is -1.47. The monoisotopic (exact) mass is 163 g/mol. The fourth-order valence-corrected chi connectivity index (χ4v) is 1.28. The van der Waals surface area contributed by atoms with Crippen molar-refractivity contribution in [1.29, 1.82) is 5.26 Å². The Morgan fingerprint density at radius 1 is 1.27 bits per heavy atom. The van der Waals surface area contributed by atoms with Crippen molar-refractivity contribution in [2.24, 2.45) is 0 Å². The van der Waals surface area contributed by atoms with Crippen LogP contribution in [0.3, 0.4) is 0 Å². The highest BCUT2D eigenvalue weighted by atomic mass is 32.1. The molecule has 0 aliphatic rings. The Labute approximate surface area is 68.1 Å². The van der Waals surface area contributed by atoms with Crippen LogP contribution in [0.5, 0.6) is 0 Å². The second-order valence-corrected chi connectivity index (χ2v) is 2.53. The number of aromatic nitrogens is 2. The molecule has 0 saturated heterocycles. The first-order valence-corrected chi connectivity index (χ1v) is 3.67. The van der Waals surface area contributed by atoms with Crippen LogP contribution in [0.15, 0.2) is 24.3 Å². The quantitative estimate of drug-likeness (QED) is 0.595. The molecule has 0 unspecified atom stereocenters. The summed E-state index contributed by atoms with van der Waals surface area (Å²) >= 11 is 1.43. The van der Waals surface area contributed by atoms with Crippen molar-refractivity contribution in [3.05, 3.63) is 24.3 Å². The third-order valence-electron chi connectivity index (χ3n) is 1.15. The average molecular weight is 163 g/mol. The summed E-state index contributed by atoms with van der Waals surface area (Å²) in [4.78, 5) is 0. The third-order valence-corrected chi connectivity index (χ3v) is 1.86. The number of rotatable bonds is 0. The molecule has 0 amide bonds. The largest absolute Gasteiger partial charge is 0.202 e. The molecule has 54 valence electrons. The molecule has 0 saturated carbocycles. The predicted octanol–water partition coefficient (Wildman–Crippen LogP) is 1.83. The zero-order chi connectivity index (χ0) is 8.10. The highest BCUT2D eigenvalue weighted by Gasteiger charge is 1.91. The van der Waals surface area contributed by atoms with E-state index >= 15 is 0 Å². The number of nitrogens with zero attached hydrogens (tertiary/aromatic N) is 3. The first-order chi connectivity index (χ1) is 5.47. The smallest absolute Gasteiger partial charge is 0.105 e. The number of fused-ring (bicyclic) bond motifs is 1. The molecule has 4 heteroatoms. The minimum Gasteiger partial charge on any atom is -0.202 e. The van der Waals surface area contributed by atoms with Crippen LogP contribution in [-0.4, -0.2) is 9.59 Å². The number of hydrogen-bond acceptors (Lipinski definition) is 4. The SMILES string of the molecule is C#N.c1ccc2snnc2c1. The maximum Gasteiger partial charge on any atom is 0.105 e. The van der Waals surface area contributed by atoms with E-state index in [1.807, 2.05) is 24.3 Å². The van der Waals surface area contributed by atoms with Gasteiger partial charge in [0, 0.05) is 6.57 Å². The first kappa shape index (κ1) is 7.63. The summed E-state index contributed by atoms with van der Waals surface area (Å²) in [6.45, 7) is 3.50. The van der Waals surface area contributed by atoms with Crippen molar-refractivity contribution >= 4 is 21.7 Å². The maximum atomic E-state index is 6.50. The molecule has 0 bridgehead atoms. The lowest BCUT2D eigenvalue weighted by Crippen LogP contribution is -1.63. The van der Waals surface area contributed by atoms with Crippen LogP contribution in [0, 0.1) is 11.8 Å². The van der Waals surface area contributed by atoms with E-state index in [0.717, 1.165) is 10.2 Å². The van der Waals surface area contributed by atoms with Gasteiger partial charge in [0.15, 0.2) is 0 Å². The Morgan fingerprint density at radius 3 is 2.73 bits per heavy atom. The van der Waals surface area contributed by atoms with Crippen molar-refractivity contribution in [3.63, 3.8) is 0 Å². The summed E-state index contributed by atoms with van der Waals surface area (Å²) in [5.41, 5.74) is 0.988. The van der Waals surface area contributed by atoms with Crippen LogP contribution in [0.4, 0.5) is 0 Å². The van der Waals surface area contributed by atoms with Gasteiger partial charge in [-0.1, -0.05) is 16.6 Å². The Morgan fingerprint density at radius 2 is 2.00 bits per heavy atom. The minimum absolute atomic E-state index is 0.988. The summed E-state index contributed by atoms with van der Waals surface area (Å²) in [5.74, 6) is 0. The van der Waals surface area contributed by atoms with E-state index in [0.29, 0.717) is 0 Å². The topological polar surface area (TPSA) is 49.6 Å². The summed E-state index contributed by atoms with van der Waals surface area (Å²) in [6, 6.07) is 7.92. The van der Waals surface area contributed by atoms with Crippen LogP contribution in [0.2, 0.25) is 0 Å². The van der Waals surface area contributed by atoms with Gasteiger partial charge in [-0.3, -0.25) is 0 Å². The van der Waals surface area contributed by atoms with E-state index in [1.165, 1.54) is 11.5 Å². The van der Waals surface area contributed by atoms with Crippen LogP contribution in [-0.2, 0) is 0 Å². The first-order valence-electron chi connectivity index (χ1n) is 2.90. The molecule has 3 nitrogen and oxygen atoms in total. The van der Waals surface area contributed by atoms with Gasteiger partial charge in [0.05, 0.1) is 4.70 Å². The Balaban J connectivity index is 0.000000281. The molecule has 0 aliphatic carbocycles. The van der Waals surface area contributed by atoms with Crippen LogP contribution in [0.25, 0.3) is 10.2 Å². The van der Waals surface area contributed by atoms with Gasteiger partial charge in [-0.2, -0.15) is 0 Å². The minimum atomic E-state index is 0.988. The second-order valence-electron chi connectivity index (χ2n) is 1.74. The second kappa shape index (κ2) is 3.64. The van der Waals surface area contributed by atoms with Gasteiger partial charge in [-0.15, -0.1) is 5.10 Å². The van der Waals surface area contributed by atoms with Gasteiger partial charge in [0.2, 0.25) is 0 Å². The van der Waals surface area contributed by atoms with Gasteiger partial charge in [0.1, 0.15) is 5.52 Å². The molecule has 2 aromatic rings. The fraction of sp³-hybridized carbons (Fsp3) is 0. The zero-order valence-corrected chi connectivity index (χ0v) is 6.45. The van der Waals surface area contributed by atoms with Crippen LogP contribution >= 0.6 is 11.5 Å². The fourth-order valence-electron chi connectivity index (χ4n) is 0.725. The van der Waals surface area contributed by atoms with Crippen molar-refractivity contribution in [1.82, 2.24) is 9.59 Å². The standard InChI is InChI=1S/C6H4N2S.CHN/c1-2-4-6-5(3-1)7-8-9-6;1-2/h1-4H;1H. The Kier molecular flexibility index (Phi) is 2.53. The van der Waals surface area contributed by atoms with E-state index in [2.05, 4.69) is 16.2 Å². The predicted molar refractivity (Wildman–Crippen MR) is 44.1 cm³/mol. The third kappa shape index (κ3) is 1.51. The highest BCUT2D eigenvalue weighted by molar-refractivity contribution is 7.12. The van der Waals surface area contributed by atoms with E-state index in [1.54, 1.807) is 0 Å². The summed E-state index contributed by atoms with van der Waals surface area (Å²) in [6.07, 6.45) is 0. The average Bonchev–Trinajstić information content (AvgIpc) is 2.55. The molecule has 2 rings (SSSR count). The van der Waals surface area contributed by atoms with Gasteiger partial charge < -0.3 is 0 Å². The lowest BCUT2D eigenvalue weighted by atomic mass is 10.3. The van der Waals surface area contributed by atoms with Gasteiger partial charge in [-0.25, -0.2) is 5.26 Å². The number of benzene rings is 1. The Bertz CT molecular complexity index is 322. The lowest BCUT2D eigenvalue weighted by Gasteiger charge is -1.78. The maximum absolute atomic E-state index is 6.50.